The summed E-state index contributed by atoms with van der Waals surface area (Å²) in [7, 11) is 0. The molecule has 0 spiro atoms. The number of benzene rings is 1. The molecule has 1 unspecified atom stereocenters. The van der Waals surface area contributed by atoms with Crippen LogP contribution in [-0.4, -0.2) is 24.5 Å². The van der Waals surface area contributed by atoms with Gasteiger partial charge in [0.2, 0.25) is 5.91 Å². The molecule has 1 atom stereocenters. The second kappa shape index (κ2) is 5.21. The minimum absolute atomic E-state index is 0.0693. The molecule has 1 heterocycles. The molecule has 0 aromatic heterocycles. The smallest absolute Gasteiger partial charge is 0.244 e. The Labute approximate surface area is 120 Å². The fourth-order valence-electron chi connectivity index (χ4n) is 2.47. The Morgan fingerprint density at radius 2 is 2.11 bits per heavy atom. The minimum Gasteiger partial charge on any atom is -0.311 e. The molecule has 1 N–H and O–H groups in total. The van der Waals surface area contributed by atoms with Crippen molar-refractivity contribution in [3.8, 4) is 0 Å². The van der Waals surface area contributed by atoms with Gasteiger partial charge in [0, 0.05) is 18.3 Å². The number of amides is 1. The zero-order chi connectivity index (χ0) is 13.4. The van der Waals surface area contributed by atoms with Crippen molar-refractivity contribution in [2.45, 2.75) is 37.8 Å². The summed E-state index contributed by atoms with van der Waals surface area (Å²) in [4.78, 5) is 14.1. The number of carbonyl (C=O) groups is 1. The summed E-state index contributed by atoms with van der Waals surface area (Å²) in [5, 5.41) is 3.37. The number of halogens is 2. The summed E-state index contributed by atoms with van der Waals surface area (Å²) in [5.41, 5.74) is 0.646. The monoisotopic (exact) mass is 326 g/mol. The highest BCUT2D eigenvalue weighted by Gasteiger charge is 2.34. The number of nitrogens with zero attached hydrogens (tertiary/aromatic N) is 1. The van der Waals surface area contributed by atoms with E-state index in [4.69, 9.17) is 0 Å². The van der Waals surface area contributed by atoms with Crippen molar-refractivity contribution in [2.24, 2.45) is 0 Å². The van der Waals surface area contributed by atoms with E-state index in [-0.39, 0.29) is 17.8 Å². The van der Waals surface area contributed by atoms with Gasteiger partial charge in [-0.1, -0.05) is 0 Å². The molecule has 2 fully saturated rings. The van der Waals surface area contributed by atoms with Crippen molar-refractivity contribution in [1.82, 2.24) is 5.32 Å². The molecule has 19 heavy (non-hydrogen) atoms. The molecule has 1 saturated heterocycles. The molecule has 3 nitrogen and oxygen atoms in total. The predicted molar refractivity (Wildman–Crippen MR) is 75.6 cm³/mol. The van der Waals surface area contributed by atoms with Crippen LogP contribution in [0.1, 0.15) is 25.7 Å². The molecule has 1 aliphatic carbocycles. The van der Waals surface area contributed by atoms with Gasteiger partial charge < -0.3 is 10.2 Å². The zero-order valence-corrected chi connectivity index (χ0v) is 12.1. The van der Waals surface area contributed by atoms with Crippen molar-refractivity contribution >= 4 is 27.5 Å². The third-order valence-electron chi connectivity index (χ3n) is 3.67. The van der Waals surface area contributed by atoms with Crippen LogP contribution in [0.25, 0.3) is 0 Å². The number of anilines is 1. The molecular formula is C14H16BrFN2O. The lowest BCUT2D eigenvalue weighted by Gasteiger charge is -2.33. The number of carbonyl (C=O) groups excluding carboxylic acids is 1. The standard InChI is InChI=1S/C14H16BrFN2O/c15-11-6-5-10(8-12(11)16)18-7-1-2-13(14(18)19)17-9-3-4-9/h5-6,8-9,13,17H,1-4,7H2. The van der Waals surface area contributed by atoms with E-state index in [1.807, 2.05) is 0 Å². The fraction of sp³-hybridized carbons (Fsp3) is 0.500. The van der Waals surface area contributed by atoms with Crippen molar-refractivity contribution in [1.29, 1.82) is 0 Å². The van der Waals surface area contributed by atoms with E-state index in [1.54, 1.807) is 17.0 Å². The van der Waals surface area contributed by atoms with E-state index in [2.05, 4.69) is 21.2 Å². The Balaban J connectivity index is 1.78. The van der Waals surface area contributed by atoms with Crippen LogP contribution < -0.4 is 10.2 Å². The van der Waals surface area contributed by atoms with Gasteiger partial charge in [0.05, 0.1) is 10.5 Å². The molecule has 1 aromatic carbocycles. The highest BCUT2D eigenvalue weighted by Crippen LogP contribution is 2.27. The lowest BCUT2D eigenvalue weighted by Crippen LogP contribution is -2.51. The van der Waals surface area contributed by atoms with Gasteiger partial charge in [-0.05, 0) is 59.8 Å². The number of hydrogen-bond donors (Lipinski definition) is 1. The first-order valence-corrected chi connectivity index (χ1v) is 7.47. The van der Waals surface area contributed by atoms with E-state index in [1.165, 1.54) is 6.07 Å². The summed E-state index contributed by atoms with van der Waals surface area (Å²) < 4.78 is 14.0. The maximum atomic E-state index is 13.6. The summed E-state index contributed by atoms with van der Waals surface area (Å²) >= 11 is 3.13. The van der Waals surface area contributed by atoms with Gasteiger partial charge in [-0.25, -0.2) is 4.39 Å². The van der Waals surface area contributed by atoms with Crippen LogP contribution in [0.2, 0.25) is 0 Å². The van der Waals surface area contributed by atoms with Crippen LogP contribution in [0.15, 0.2) is 22.7 Å². The number of nitrogens with one attached hydrogen (secondary N) is 1. The first-order chi connectivity index (χ1) is 9.15. The molecule has 2 aliphatic rings. The predicted octanol–water partition coefficient (Wildman–Crippen LogP) is 2.84. The summed E-state index contributed by atoms with van der Waals surface area (Å²) in [6.45, 7) is 0.669. The number of piperidine rings is 1. The van der Waals surface area contributed by atoms with Crippen LogP contribution in [-0.2, 0) is 4.79 Å². The quantitative estimate of drug-likeness (QED) is 0.926. The Kier molecular flexibility index (Phi) is 3.58. The van der Waals surface area contributed by atoms with E-state index in [0.29, 0.717) is 22.7 Å². The van der Waals surface area contributed by atoms with E-state index in [9.17, 15) is 9.18 Å². The lowest BCUT2D eigenvalue weighted by atomic mass is 10.0. The summed E-state index contributed by atoms with van der Waals surface area (Å²) in [6.07, 6.45) is 4.16. The molecule has 1 aliphatic heterocycles. The third-order valence-corrected chi connectivity index (χ3v) is 4.31. The molecule has 0 radical (unpaired) electrons. The normalized spacial score (nSPS) is 23.8. The summed E-state index contributed by atoms with van der Waals surface area (Å²) in [6, 6.07) is 5.26. The number of rotatable bonds is 3. The fourth-order valence-corrected chi connectivity index (χ4v) is 2.72. The highest BCUT2D eigenvalue weighted by atomic mass is 79.9. The van der Waals surface area contributed by atoms with Gasteiger partial charge >= 0.3 is 0 Å². The van der Waals surface area contributed by atoms with Crippen LogP contribution in [0.5, 0.6) is 0 Å². The SMILES string of the molecule is O=C1C(NC2CC2)CCCN1c1ccc(Br)c(F)c1. The van der Waals surface area contributed by atoms with Crippen LogP contribution >= 0.6 is 15.9 Å². The second-order valence-electron chi connectivity index (χ2n) is 5.22. The Bertz CT molecular complexity index is 504. The first kappa shape index (κ1) is 13.1. The molecule has 0 bridgehead atoms. The molecule has 1 amide bonds. The van der Waals surface area contributed by atoms with Gasteiger partial charge in [-0.15, -0.1) is 0 Å². The Morgan fingerprint density at radius 1 is 1.32 bits per heavy atom. The van der Waals surface area contributed by atoms with Crippen LogP contribution in [0, 0.1) is 5.82 Å². The van der Waals surface area contributed by atoms with Crippen LogP contribution in [0.4, 0.5) is 10.1 Å². The molecule has 102 valence electrons. The summed E-state index contributed by atoms with van der Waals surface area (Å²) in [5.74, 6) is -0.262. The maximum Gasteiger partial charge on any atom is 0.244 e. The molecule has 3 rings (SSSR count). The highest BCUT2D eigenvalue weighted by molar-refractivity contribution is 9.10. The van der Waals surface area contributed by atoms with E-state index in [0.717, 1.165) is 25.7 Å². The molecule has 1 aromatic rings. The minimum atomic E-state index is -0.331. The van der Waals surface area contributed by atoms with Gasteiger partial charge in [0.25, 0.3) is 0 Å². The van der Waals surface area contributed by atoms with Gasteiger partial charge in [0.1, 0.15) is 5.82 Å². The van der Waals surface area contributed by atoms with Gasteiger partial charge in [-0.2, -0.15) is 0 Å². The van der Waals surface area contributed by atoms with Crippen molar-refractivity contribution in [3.05, 3.63) is 28.5 Å². The van der Waals surface area contributed by atoms with Gasteiger partial charge in [-0.3, -0.25) is 4.79 Å². The van der Waals surface area contributed by atoms with Crippen LogP contribution in [0.3, 0.4) is 0 Å². The van der Waals surface area contributed by atoms with E-state index < -0.39 is 0 Å². The first-order valence-electron chi connectivity index (χ1n) is 6.67. The molecular weight excluding hydrogens is 311 g/mol. The Morgan fingerprint density at radius 3 is 2.79 bits per heavy atom. The number of hydrogen-bond acceptors (Lipinski definition) is 2. The maximum absolute atomic E-state index is 13.6. The van der Waals surface area contributed by atoms with Gasteiger partial charge in [0.15, 0.2) is 0 Å². The largest absolute Gasteiger partial charge is 0.311 e. The van der Waals surface area contributed by atoms with Crippen molar-refractivity contribution in [2.75, 3.05) is 11.4 Å². The van der Waals surface area contributed by atoms with E-state index >= 15 is 0 Å². The molecule has 5 heteroatoms. The zero-order valence-electron chi connectivity index (χ0n) is 10.5. The average molecular weight is 327 g/mol. The topological polar surface area (TPSA) is 32.3 Å². The van der Waals surface area contributed by atoms with Crippen molar-refractivity contribution in [3.63, 3.8) is 0 Å². The molecule has 1 saturated carbocycles. The second-order valence-corrected chi connectivity index (χ2v) is 6.08. The Hall–Kier alpha value is -0.940. The average Bonchev–Trinajstić information content (AvgIpc) is 3.20. The third kappa shape index (κ3) is 2.82. The van der Waals surface area contributed by atoms with Crippen molar-refractivity contribution < 1.29 is 9.18 Å². The lowest BCUT2D eigenvalue weighted by molar-refractivity contribution is -0.121.